The average molecular weight is 249 g/mol. The largest absolute Gasteiger partial charge is 0.476 e. The topological polar surface area (TPSA) is 51.4 Å². The molecular formula is C14H23N3O. The van der Waals surface area contributed by atoms with Crippen molar-refractivity contribution in [2.45, 2.75) is 39.7 Å². The molecule has 0 atom stereocenters. The van der Waals surface area contributed by atoms with E-state index in [1.165, 1.54) is 12.8 Å². The first-order valence-corrected chi connectivity index (χ1v) is 6.77. The molecule has 1 heterocycles. The van der Waals surface area contributed by atoms with Gasteiger partial charge in [-0.3, -0.25) is 0 Å². The van der Waals surface area contributed by atoms with E-state index in [9.17, 15) is 0 Å². The molecule has 0 aliphatic heterocycles. The van der Waals surface area contributed by atoms with Crippen LogP contribution < -0.4 is 15.4 Å². The number of hydrogen-bond acceptors (Lipinski definition) is 4. The van der Waals surface area contributed by atoms with Gasteiger partial charge in [0.05, 0.1) is 12.3 Å². The Morgan fingerprint density at radius 3 is 2.72 bits per heavy atom. The van der Waals surface area contributed by atoms with E-state index >= 15 is 0 Å². The van der Waals surface area contributed by atoms with E-state index in [1.54, 1.807) is 0 Å². The zero-order valence-corrected chi connectivity index (χ0v) is 11.5. The van der Waals surface area contributed by atoms with Crippen LogP contribution >= 0.6 is 0 Å². The van der Waals surface area contributed by atoms with Crippen LogP contribution in [0.2, 0.25) is 0 Å². The Bertz CT molecular complexity index is 402. The quantitative estimate of drug-likeness (QED) is 0.842. The second kappa shape index (κ2) is 5.46. The number of rotatable bonds is 6. The summed E-state index contributed by atoms with van der Waals surface area (Å²) in [6, 6.07) is 4.54. The van der Waals surface area contributed by atoms with E-state index in [2.05, 4.69) is 23.7 Å². The highest BCUT2D eigenvalue weighted by atomic mass is 16.5. The number of nitrogens with zero attached hydrogens (tertiary/aromatic N) is 2. The van der Waals surface area contributed by atoms with E-state index in [1.807, 2.05) is 19.1 Å². The molecule has 100 valence electrons. The fourth-order valence-corrected chi connectivity index (χ4v) is 2.06. The van der Waals surface area contributed by atoms with Crippen molar-refractivity contribution in [3.63, 3.8) is 0 Å². The van der Waals surface area contributed by atoms with Gasteiger partial charge in [0.1, 0.15) is 5.82 Å². The number of nitrogen functional groups attached to an aromatic ring is 1. The van der Waals surface area contributed by atoms with Crippen molar-refractivity contribution < 1.29 is 4.74 Å². The Hall–Kier alpha value is -1.45. The molecule has 1 aromatic heterocycles. The first kappa shape index (κ1) is 13.0. The predicted molar refractivity (Wildman–Crippen MR) is 75.0 cm³/mol. The predicted octanol–water partition coefficient (Wildman–Crippen LogP) is 2.69. The second-order valence-electron chi connectivity index (χ2n) is 5.27. The third-order valence-corrected chi connectivity index (χ3v) is 3.00. The molecule has 2 N–H and O–H groups in total. The molecule has 0 amide bonds. The summed E-state index contributed by atoms with van der Waals surface area (Å²) in [5, 5.41) is 0. The Labute approximate surface area is 109 Å². The minimum Gasteiger partial charge on any atom is -0.476 e. The first-order valence-electron chi connectivity index (χ1n) is 6.77. The molecule has 1 saturated carbocycles. The molecule has 0 saturated heterocycles. The molecule has 0 spiro atoms. The lowest BCUT2D eigenvalue weighted by Crippen LogP contribution is -2.30. The van der Waals surface area contributed by atoms with Crippen molar-refractivity contribution in [3.8, 4) is 5.88 Å². The van der Waals surface area contributed by atoms with Crippen LogP contribution in [0.4, 0.5) is 11.5 Å². The number of nitrogens with two attached hydrogens (primary N) is 1. The molecule has 1 aromatic rings. The monoisotopic (exact) mass is 249 g/mol. The van der Waals surface area contributed by atoms with Crippen LogP contribution in [0.25, 0.3) is 0 Å². The normalized spacial score (nSPS) is 14.9. The van der Waals surface area contributed by atoms with Gasteiger partial charge in [-0.05, 0) is 37.8 Å². The van der Waals surface area contributed by atoms with Crippen molar-refractivity contribution >= 4 is 11.5 Å². The Kier molecular flexibility index (Phi) is 3.94. The van der Waals surface area contributed by atoms with Crippen LogP contribution in [-0.2, 0) is 0 Å². The van der Waals surface area contributed by atoms with Crippen molar-refractivity contribution in [1.82, 2.24) is 4.98 Å². The molecule has 4 heteroatoms. The second-order valence-corrected chi connectivity index (χ2v) is 5.27. The molecule has 1 fully saturated rings. The molecule has 0 bridgehead atoms. The van der Waals surface area contributed by atoms with Crippen molar-refractivity contribution in [2.75, 3.05) is 23.8 Å². The molecule has 0 unspecified atom stereocenters. The maximum Gasteiger partial charge on any atom is 0.239 e. The number of hydrogen-bond donors (Lipinski definition) is 1. The molecule has 0 aromatic carbocycles. The zero-order chi connectivity index (χ0) is 13.1. The lowest BCUT2D eigenvalue weighted by Gasteiger charge is -2.26. The smallest absolute Gasteiger partial charge is 0.239 e. The summed E-state index contributed by atoms with van der Waals surface area (Å²) in [4.78, 5) is 6.94. The van der Waals surface area contributed by atoms with Gasteiger partial charge in [-0.25, -0.2) is 0 Å². The van der Waals surface area contributed by atoms with Crippen LogP contribution in [-0.4, -0.2) is 24.2 Å². The average Bonchev–Trinajstić information content (AvgIpc) is 3.13. The number of ether oxygens (including phenoxy) is 1. The molecular weight excluding hydrogens is 226 g/mol. The van der Waals surface area contributed by atoms with Crippen molar-refractivity contribution in [1.29, 1.82) is 0 Å². The lowest BCUT2D eigenvalue weighted by atomic mass is 10.2. The fraction of sp³-hybridized carbons (Fsp3) is 0.643. The van der Waals surface area contributed by atoms with Gasteiger partial charge in [-0.15, -0.1) is 0 Å². The SMILES string of the molecule is CCOc1nc(N(CC(C)C)C2CC2)ccc1N. The van der Waals surface area contributed by atoms with Gasteiger partial charge in [0.25, 0.3) is 0 Å². The van der Waals surface area contributed by atoms with Gasteiger partial charge in [0, 0.05) is 12.6 Å². The highest BCUT2D eigenvalue weighted by molar-refractivity contribution is 5.55. The zero-order valence-electron chi connectivity index (χ0n) is 11.5. The van der Waals surface area contributed by atoms with E-state index in [0.29, 0.717) is 30.1 Å². The summed E-state index contributed by atoms with van der Waals surface area (Å²) in [5.41, 5.74) is 6.47. The van der Waals surface area contributed by atoms with Gasteiger partial charge in [-0.2, -0.15) is 4.98 Å². The van der Waals surface area contributed by atoms with Gasteiger partial charge in [-0.1, -0.05) is 13.8 Å². The van der Waals surface area contributed by atoms with Crippen molar-refractivity contribution in [2.24, 2.45) is 5.92 Å². The Morgan fingerprint density at radius 1 is 1.44 bits per heavy atom. The van der Waals surface area contributed by atoms with E-state index in [0.717, 1.165) is 12.4 Å². The minimum absolute atomic E-state index is 0.560. The standard InChI is InChI=1S/C14H23N3O/c1-4-18-14-12(15)7-8-13(16-14)17(9-10(2)3)11-5-6-11/h7-8,10-11H,4-6,9,15H2,1-3H3. The van der Waals surface area contributed by atoms with Crippen LogP contribution in [0, 0.1) is 5.92 Å². The lowest BCUT2D eigenvalue weighted by molar-refractivity contribution is 0.329. The maximum atomic E-state index is 5.86. The molecule has 18 heavy (non-hydrogen) atoms. The van der Waals surface area contributed by atoms with Crippen LogP contribution in [0.5, 0.6) is 5.88 Å². The maximum absolute atomic E-state index is 5.86. The summed E-state index contributed by atoms with van der Waals surface area (Å²) in [5.74, 6) is 2.17. The summed E-state index contributed by atoms with van der Waals surface area (Å²) in [7, 11) is 0. The third-order valence-electron chi connectivity index (χ3n) is 3.00. The number of aromatic nitrogens is 1. The van der Waals surface area contributed by atoms with Gasteiger partial charge in [0.15, 0.2) is 0 Å². The highest BCUT2D eigenvalue weighted by Crippen LogP contribution is 2.33. The minimum atomic E-state index is 0.560. The van der Waals surface area contributed by atoms with Crippen LogP contribution in [0.1, 0.15) is 33.6 Å². The molecule has 1 aliphatic carbocycles. The summed E-state index contributed by atoms with van der Waals surface area (Å²) < 4.78 is 5.47. The van der Waals surface area contributed by atoms with Crippen molar-refractivity contribution in [3.05, 3.63) is 12.1 Å². The summed E-state index contributed by atoms with van der Waals surface area (Å²) >= 11 is 0. The van der Waals surface area contributed by atoms with E-state index in [4.69, 9.17) is 10.5 Å². The van der Waals surface area contributed by atoms with Crippen LogP contribution in [0.3, 0.4) is 0 Å². The third kappa shape index (κ3) is 3.06. The highest BCUT2D eigenvalue weighted by Gasteiger charge is 2.30. The molecule has 0 radical (unpaired) electrons. The summed E-state index contributed by atoms with van der Waals surface area (Å²) in [6.07, 6.45) is 2.53. The number of pyridine rings is 1. The number of anilines is 2. The summed E-state index contributed by atoms with van der Waals surface area (Å²) in [6.45, 7) is 8.04. The van der Waals surface area contributed by atoms with Gasteiger partial charge < -0.3 is 15.4 Å². The van der Waals surface area contributed by atoms with Crippen LogP contribution in [0.15, 0.2) is 12.1 Å². The fourth-order valence-electron chi connectivity index (χ4n) is 2.06. The Balaban J connectivity index is 2.21. The van der Waals surface area contributed by atoms with E-state index < -0.39 is 0 Å². The molecule has 2 rings (SSSR count). The van der Waals surface area contributed by atoms with E-state index in [-0.39, 0.29) is 0 Å². The molecule has 1 aliphatic rings. The van der Waals surface area contributed by atoms with Gasteiger partial charge in [0.2, 0.25) is 5.88 Å². The van der Waals surface area contributed by atoms with Gasteiger partial charge >= 0.3 is 0 Å². The first-order chi connectivity index (χ1) is 8.61. The Morgan fingerprint density at radius 2 is 2.17 bits per heavy atom. The molecule has 4 nitrogen and oxygen atoms in total.